The highest BCUT2D eigenvalue weighted by Gasteiger charge is 2.33. The third-order valence-corrected chi connectivity index (χ3v) is 5.26. The van der Waals surface area contributed by atoms with E-state index in [1.54, 1.807) is 18.7 Å². The van der Waals surface area contributed by atoms with E-state index in [1.165, 1.54) is 0 Å². The summed E-state index contributed by atoms with van der Waals surface area (Å²) in [6.07, 6.45) is 5.31. The topological polar surface area (TPSA) is 112 Å². The van der Waals surface area contributed by atoms with Crippen molar-refractivity contribution >= 4 is 37.9 Å². The number of nitrogens with one attached hydrogen (secondary N) is 1. The monoisotopic (exact) mass is 319 g/mol. The van der Waals surface area contributed by atoms with E-state index in [9.17, 15) is 13.0 Å². The van der Waals surface area contributed by atoms with E-state index < -0.39 is 15.4 Å². The highest BCUT2D eigenvalue weighted by atomic mass is 32.2. The largest absolute Gasteiger partial charge is 0.355 e. The first kappa shape index (κ1) is 13.4. The SMILES string of the molecule is O=S(=O)(O)C1CCN(c2nc[nH]c3cnc4nccc4c23)C1. The van der Waals surface area contributed by atoms with Crippen LogP contribution in [0, 0.1) is 0 Å². The molecule has 22 heavy (non-hydrogen) atoms. The Balaban J connectivity index is 1.87. The molecule has 4 heterocycles. The molecule has 3 aromatic heterocycles. The fourth-order valence-electron chi connectivity index (χ4n) is 2.94. The number of nitrogens with zero attached hydrogens (tertiary/aromatic N) is 4. The second-order valence-electron chi connectivity index (χ2n) is 5.33. The Morgan fingerprint density at radius 3 is 2.95 bits per heavy atom. The number of rotatable bonds is 2. The van der Waals surface area contributed by atoms with Crippen LogP contribution in [0.4, 0.5) is 5.82 Å². The van der Waals surface area contributed by atoms with E-state index in [0.717, 1.165) is 16.3 Å². The second kappa shape index (κ2) is 4.62. The fraction of sp³-hybridized carbons (Fsp3) is 0.308. The van der Waals surface area contributed by atoms with Crippen LogP contribution >= 0.6 is 0 Å². The molecular formula is C13H13N5O3S. The molecule has 1 aliphatic rings. The average Bonchev–Trinajstić information content (AvgIpc) is 3.15. The highest BCUT2D eigenvalue weighted by Crippen LogP contribution is 2.31. The Kier molecular flexibility index (Phi) is 2.81. The molecule has 0 radical (unpaired) electrons. The Morgan fingerprint density at radius 2 is 2.18 bits per heavy atom. The second-order valence-corrected chi connectivity index (χ2v) is 7.02. The van der Waals surface area contributed by atoms with Crippen molar-refractivity contribution in [3.05, 3.63) is 24.8 Å². The van der Waals surface area contributed by atoms with Gasteiger partial charge in [-0.1, -0.05) is 0 Å². The molecule has 2 N–H and O–H groups in total. The minimum Gasteiger partial charge on any atom is -0.355 e. The molecule has 9 heteroatoms. The summed E-state index contributed by atoms with van der Waals surface area (Å²) < 4.78 is 31.9. The maximum Gasteiger partial charge on any atom is 0.269 e. The van der Waals surface area contributed by atoms with Gasteiger partial charge < -0.3 is 9.88 Å². The molecule has 3 aromatic rings. The van der Waals surface area contributed by atoms with Crippen molar-refractivity contribution in [2.45, 2.75) is 11.7 Å². The summed E-state index contributed by atoms with van der Waals surface area (Å²) in [4.78, 5) is 17.7. The van der Waals surface area contributed by atoms with Gasteiger partial charge in [-0.25, -0.2) is 15.0 Å². The zero-order chi connectivity index (χ0) is 15.3. The Morgan fingerprint density at radius 1 is 1.32 bits per heavy atom. The lowest BCUT2D eigenvalue weighted by atomic mass is 10.2. The van der Waals surface area contributed by atoms with Crippen molar-refractivity contribution in [3.63, 3.8) is 0 Å². The van der Waals surface area contributed by atoms with Crippen molar-refractivity contribution in [3.8, 4) is 0 Å². The molecule has 0 amide bonds. The van der Waals surface area contributed by atoms with E-state index in [2.05, 4.69) is 19.9 Å². The standard InChI is InChI=1S/C13H13N5O3S/c19-22(20,21)8-2-4-18(6-8)13-11-9-1-3-14-12(9)15-5-10(11)16-7-17-13/h1,3,5,7-8H,2,4,6H2,(H,16,17)(H,19,20,21). The van der Waals surface area contributed by atoms with Crippen LogP contribution in [-0.2, 0) is 10.1 Å². The molecule has 4 rings (SSSR count). The van der Waals surface area contributed by atoms with Crippen molar-refractivity contribution in [1.29, 1.82) is 0 Å². The van der Waals surface area contributed by atoms with Gasteiger partial charge in [0.1, 0.15) is 11.1 Å². The van der Waals surface area contributed by atoms with Crippen LogP contribution in [0.25, 0.3) is 21.9 Å². The van der Waals surface area contributed by atoms with E-state index in [-0.39, 0.29) is 6.54 Å². The summed E-state index contributed by atoms with van der Waals surface area (Å²) in [5.41, 5.74) is 1.43. The Bertz CT molecular complexity index is 968. The number of anilines is 1. The molecule has 114 valence electrons. The van der Waals surface area contributed by atoms with Crippen LogP contribution < -0.4 is 4.90 Å². The molecular weight excluding hydrogens is 306 g/mol. The predicted molar refractivity (Wildman–Crippen MR) is 81.4 cm³/mol. The predicted octanol–water partition coefficient (Wildman–Crippen LogP) is 0.973. The van der Waals surface area contributed by atoms with Gasteiger partial charge in [-0.15, -0.1) is 0 Å². The number of fused-ring (bicyclic) bond motifs is 3. The van der Waals surface area contributed by atoms with Gasteiger partial charge in [-0.3, -0.25) is 4.55 Å². The first-order valence-corrected chi connectivity index (χ1v) is 8.32. The van der Waals surface area contributed by atoms with E-state index in [0.29, 0.717) is 24.4 Å². The molecule has 0 aliphatic carbocycles. The summed E-state index contributed by atoms with van der Waals surface area (Å²) in [6, 6.07) is 1.86. The van der Waals surface area contributed by atoms with Crippen LogP contribution in [0.5, 0.6) is 0 Å². The molecule has 1 unspecified atom stereocenters. The van der Waals surface area contributed by atoms with Crippen molar-refractivity contribution in [2.24, 2.45) is 0 Å². The first-order valence-electron chi connectivity index (χ1n) is 6.82. The van der Waals surface area contributed by atoms with Crippen molar-refractivity contribution < 1.29 is 13.0 Å². The zero-order valence-corrected chi connectivity index (χ0v) is 12.3. The van der Waals surface area contributed by atoms with Gasteiger partial charge in [0.05, 0.1) is 23.4 Å². The summed E-state index contributed by atoms with van der Waals surface area (Å²) >= 11 is 0. The maximum atomic E-state index is 11.3. The van der Waals surface area contributed by atoms with Gasteiger partial charge in [-0.05, 0) is 12.5 Å². The highest BCUT2D eigenvalue weighted by molar-refractivity contribution is 7.86. The normalized spacial score (nSPS) is 19.3. The molecule has 1 saturated heterocycles. The summed E-state index contributed by atoms with van der Waals surface area (Å²) in [7, 11) is -4.03. The smallest absolute Gasteiger partial charge is 0.269 e. The van der Waals surface area contributed by atoms with Crippen LogP contribution in [0.3, 0.4) is 0 Å². The number of H-pyrrole nitrogens is 1. The molecule has 1 fully saturated rings. The molecule has 0 spiro atoms. The minimum atomic E-state index is -4.03. The number of hydrogen-bond acceptors (Lipinski definition) is 6. The van der Waals surface area contributed by atoms with E-state index >= 15 is 0 Å². The van der Waals surface area contributed by atoms with Gasteiger partial charge >= 0.3 is 0 Å². The number of aromatic amines is 1. The number of pyridine rings is 1. The maximum absolute atomic E-state index is 11.3. The van der Waals surface area contributed by atoms with Crippen molar-refractivity contribution in [1.82, 2.24) is 19.9 Å². The Hall–Kier alpha value is -2.26. The molecule has 1 aliphatic heterocycles. The zero-order valence-electron chi connectivity index (χ0n) is 11.5. The lowest BCUT2D eigenvalue weighted by Gasteiger charge is -2.19. The summed E-state index contributed by atoms with van der Waals surface area (Å²) in [5, 5.41) is 0.955. The summed E-state index contributed by atoms with van der Waals surface area (Å²) in [6.45, 7) is 0.747. The third-order valence-electron chi connectivity index (χ3n) is 4.03. The van der Waals surface area contributed by atoms with Gasteiger partial charge in [0.2, 0.25) is 0 Å². The first-order chi connectivity index (χ1) is 10.5. The summed E-state index contributed by atoms with van der Waals surface area (Å²) in [5.74, 6) is 0.681. The van der Waals surface area contributed by atoms with Gasteiger partial charge in [0.15, 0.2) is 5.65 Å². The average molecular weight is 319 g/mol. The number of aromatic nitrogens is 4. The van der Waals surface area contributed by atoms with Gasteiger partial charge in [0, 0.05) is 24.7 Å². The van der Waals surface area contributed by atoms with Crippen LogP contribution in [-0.4, -0.2) is 51.2 Å². The molecule has 1 atom stereocenters. The number of hydrogen-bond donors (Lipinski definition) is 2. The van der Waals surface area contributed by atoms with Crippen LogP contribution in [0.15, 0.2) is 24.8 Å². The quantitative estimate of drug-likeness (QED) is 0.677. The Labute approximate surface area is 126 Å². The molecule has 0 aromatic carbocycles. The van der Waals surface area contributed by atoms with Crippen LogP contribution in [0.2, 0.25) is 0 Å². The fourth-order valence-corrected chi connectivity index (χ4v) is 3.71. The third kappa shape index (κ3) is 2.01. The molecule has 0 saturated carbocycles. The van der Waals surface area contributed by atoms with Gasteiger partial charge in [-0.2, -0.15) is 8.42 Å². The van der Waals surface area contributed by atoms with E-state index in [4.69, 9.17) is 0 Å². The van der Waals surface area contributed by atoms with Gasteiger partial charge in [0.25, 0.3) is 10.1 Å². The van der Waals surface area contributed by atoms with E-state index in [1.807, 2.05) is 11.0 Å². The molecule has 8 nitrogen and oxygen atoms in total. The lowest BCUT2D eigenvalue weighted by Crippen LogP contribution is -2.27. The minimum absolute atomic E-state index is 0.225. The lowest BCUT2D eigenvalue weighted by molar-refractivity contribution is 0.470. The van der Waals surface area contributed by atoms with Crippen LogP contribution in [0.1, 0.15) is 6.42 Å². The van der Waals surface area contributed by atoms with Crippen molar-refractivity contribution in [2.75, 3.05) is 18.0 Å². The molecule has 0 bridgehead atoms.